The van der Waals surface area contributed by atoms with Crippen LogP contribution in [0.25, 0.3) is 11.0 Å². The Morgan fingerprint density at radius 3 is 2.38 bits per heavy atom. The molecule has 0 saturated carbocycles. The van der Waals surface area contributed by atoms with E-state index < -0.39 is 28.8 Å². The molecule has 26 heavy (non-hydrogen) atoms. The number of aromatic nitrogens is 2. The summed E-state index contributed by atoms with van der Waals surface area (Å²) in [5.74, 6) is -0.214. The van der Waals surface area contributed by atoms with E-state index in [1.807, 2.05) is 0 Å². The molecule has 3 aromatic rings. The number of halogens is 3. The molecule has 2 aromatic carbocycles. The molecule has 1 aromatic heterocycles. The molecule has 0 fully saturated rings. The van der Waals surface area contributed by atoms with Gasteiger partial charge < -0.3 is 4.57 Å². The highest BCUT2D eigenvalue weighted by Gasteiger charge is 2.54. The number of benzene rings is 2. The molecule has 0 saturated heterocycles. The quantitative estimate of drug-likeness (QED) is 0.683. The van der Waals surface area contributed by atoms with Crippen molar-refractivity contribution in [2.75, 3.05) is 4.31 Å². The Kier molecular flexibility index (Phi) is 3.56. The van der Waals surface area contributed by atoms with Gasteiger partial charge in [-0.15, -0.1) is 0 Å². The van der Waals surface area contributed by atoms with Gasteiger partial charge in [0.2, 0.25) is 5.95 Å². The minimum atomic E-state index is -4.72. The lowest BCUT2D eigenvalue weighted by Crippen LogP contribution is -2.47. The van der Waals surface area contributed by atoms with Crippen LogP contribution in [0.4, 0.5) is 19.1 Å². The Bertz CT molecular complexity index is 1090. The second-order valence-electron chi connectivity index (χ2n) is 6.18. The highest BCUT2D eigenvalue weighted by molar-refractivity contribution is 7.92. The molecule has 0 aliphatic carbocycles. The zero-order chi connectivity index (χ0) is 18.7. The third-order valence-corrected chi connectivity index (χ3v) is 6.23. The van der Waals surface area contributed by atoms with Gasteiger partial charge in [0, 0.05) is 0 Å². The van der Waals surface area contributed by atoms with Gasteiger partial charge in [-0.25, -0.2) is 17.7 Å². The molecule has 0 amide bonds. The SMILES string of the molecule is Cc1ccc(S(=O)(=O)N2c3nc4ccccc4n3CC2C(F)(F)F)cc1. The van der Waals surface area contributed by atoms with Crippen LogP contribution in [0.1, 0.15) is 5.56 Å². The summed E-state index contributed by atoms with van der Waals surface area (Å²) in [7, 11) is -4.42. The lowest BCUT2D eigenvalue weighted by molar-refractivity contribution is -0.145. The molecule has 9 heteroatoms. The van der Waals surface area contributed by atoms with Crippen LogP contribution < -0.4 is 4.31 Å². The van der Waals surface area contributed by atoms with Crippen molar-refractivity contribution in [2.24, 2.45) is 0 Å². The van der Waals surface area contributed by atoms with E-state index in [4.69, 9.17) is 0 Å². The fraction of sp³-hybridized carbons (Fsp3) is 0.235. The zero-order valence-corrected chi connectivity index (χ0v) is 14.4. The molecular formula is C17H14F3N3O2S. The van der Waals surface area contributed by atoms with Crippen molar-refractivity contribution >= 4 is 27.0 Å². The molecule has 1 aliphatic rings. The summed E-state index contributed by atoms with van der Waals surface area (Å²) in [6.07, 6.45) is -4.72. The van der Waals surface area contributed by atoms with Crippen molar-refractivity contribution < 1.29 is 21.6 Å². The van der Waals surface area contributed by atoms with Gasteiger partial charge in [0.15, 0.2) is 6.04 Å². The number of fused-ring (bicyclic) bond motifs is 3. The Labute approximate surface area is 147 Å². The van der Waals surface area contributed by atoms with Gasteiger partial charge in [0.25, 0.3) is 10.0 Å². The number of sulfonamides is 1. The summed E-state index contributed by atoms with van der Waals surface area (Å²) < 4.78 is 68.6. The van der Waals surface area contributed by atoms with E-state index in [0.29, 0.717) is 15.3 Å². The summed E-state index contributed by atoms with van der Waals surface area (Å²) in [5.41, 5.74) is 1.73. The largest absolute Gasteiger partial charge is 0.411 e. The van der Waals surface area contributed by atoms with Crippen LogP contribution in [0.2, 0.25) is 0 Å². The predicted molar refractivity (Wildman–Crippen MR) is 90.4 cm³/mol. The second kappa shape index (κ2) is 5.47. The van der Waals surface area contributed by atoms with E-state index in [1.54, 1.807) is 43.3 Å². The third kappa shape index (κ3) is 2.45. The number of para-hydroxylation sites is 2. The highest BCUT2D eigenvalue weighted by Crippen LogP contribution is 2.41. The van der Waals surface area contributed by atoms with Crippen LogP contribution in [0.5, 0.6) is 0 Å². The van der Waals surface area contributed by atoms with Gasteiger partial charge in [-0.2, -0.15) is 13.2 Å². The maximum atomic E-state index is 13.6. The number of aryl methyl sites for hydroxylation is 1. The first-order chi connectivity index (χ1) is 12.2. The number of nitrogens with zero attached hydrogens (tertiary/aromatic N) is 3. The van der Waals surface area contributed by atoms with Crippen molar-refractivity contribution in [3.63, 3.8) is 0 Å². The molecule has 1 unspecified atom stereocenters. The highest BCUT2D eigenvalue weighted by atomic mass is 32.2. The molecule has 0 bridgehead atoms. The summed E-state index contributed by atoms with van der Waals surface area (Å²) in [6.45, 7) is 1.24. The monoisotopic (exact) mass is 381 g/mol. The van der Waals surface area contributed by atoms with Gasteiger partial charge in [0.1, 0.15) is 0 Å². The average molecular weight is 381 g/mol. The van der Waals surface area contributed by atoms with Gasteiger partial charge in [-0.3, -0.25) is 0 Å². The minimum Gasteiger partial charge on any atom is -0.307 e. The van der Waals surface area contributed by atoms with E-state index in [9.17, 15) is 21.6 Å². The molecule has 0 spiro atoms. The molecule has 5 nitrogen and oxygen atoms in total. The van der Waals surface area contributed by atoms with Gasteiger partial charge in [0.05, 0.1) is 22.5 Å². The predicted octanol–water partition coefficient (Wildman–Crippen LogP) is 3.48. The first-order valence-electron chi connectivity index (χ1n) is 7.83. The number of hydrogen-bond acceptors (Lipinski definition) is 3. The van der Waals surface area contributed by atoms with Gasteiger partial charge in [-0.05, 0) is 31.2 Å². The van der Waals surface area contributed by atoms with Crippen molar-refractivity contribution in [3.8, 4) is 0 Å². The van der Waals surface area contributed by atoms with Crippen LogP contribution >= 0.6 is 0 Å². The Morgan fingerprint density at radius 2 is 1.73 bits per heavy atom. The number of imidazole rings is 1. The Balaban J connectivity index is 1.93. The normalized spacial score (nSPS) is 17.7. The number of hydrogen-bond donors (Lipinski definition) is 0. The van der Waals surface area contributed by atoms with Crippen LogP contribution in [-0.2, 0) is 16.6 Å². The van der Waals surface area contributed by atoms with Gasteiger partial charge in [-0.1, -0.05) is 29.8 Å². The smallest absolute Gasteiger partial charge is 0.307 e. The fourth-order valence-corrected chi connectivity index (χ4v) is 4.72. The fourth-order valence-electron chi connectivity index (χ4n) is 3.13. The van der Waals surface area contributed by atoms with Gasteiger partial charge >= 0.3 is 6.18 Å². The number of anilines is 1. The molecule has 2 heterocycles. The lowest BCUT2D eigenvalue weighted by Gasteiger charge is -2.26. The summed E-state index contributed by atoms with van der Waals surface area (Å²) in [5, 5.41) is 0. The maximum Gasteiger partial charge on any atom is 0.411 e. The van der Waals surface area contributed by atoms with E-state index in [1.165, 1.54) is 16.7 Å². The van der Waals surface area contributed by atoms with Crippen molar-refractivity contribution in [3.05, 3.63) is 54.1 Å². The topological polar surface area (TPSA) is 55.2 Å². The standard InChI is InChI=1S/C17H14F3N3O2S/c1-11-6-8-12(9-7-11)26(24,25)23-15(17(18,19)20)10-22-14-5-3-2-4-13(14)21-16(22)23/h2-9,15H,10H2,1H3. The molecule has 0 N–H and O–H groups in total. The van der Waals surface area contributed by atoms with E-state index in [0.717, 1.165) is 5.56 Å². The first-order valence-corrected chi connectivity index (χ1v) is 9.27. The van der Waals surface area contributed by atoms with Crippen LogP contribution in [0, 0.1) is 6.92 Å². The van der Waals surface area contributed by atoms with E-state index in [-0.39, 0.29) is 10.8 Å². The van der Waals surface area contributed by atoms with Crippen LogP contribution in [0.15, 0.2) is 53.4 Å². The zero-order valence-electron chi connectivity index (χ0n) is 13.6. The summed E-state index contributed by atoms with van der Waals surface area (Å²) >= 11 is 0. The number of rotatable bonds is 2. The molecular weight excluding hydrogens is 367 g/mol. The minimum absolute atomic E-state index is 0.196. The third-order valence-electron chi connectivity index (χ3n) is 4.43. The van der Waals surface area contributed by atoms with Crippen molar-refractivity contribution in [2.45, 2.75) is 30.6 Å². The van der Waals surface area contributed by atoms with Crippen molar-refractivity contribution in [1.29, 1.82) is 0 Å². The van der Waals surface area contributed by atoms with Crippen molar-refractivity contribution in [1.82, 2.24) is 9.55 Å². The van der Waals surface area contributed by atoms with Crippen LogP contribution in [-0.4, -0.2) is 30.2 Å². The lowest BCUT2D eigenvalue weighted by atomic mass is 10.2. The molecule has 1 aliphatic heterocycles. The second-order valence-corrected chi connectivity index (χ2v) is 8.00. The van der Waals surface area contributed by atoms with Crippen LogP contribution in [0.3, 0.4) is 0 Å². The summed E-state index contributed by atoms with van der Waals surface area (Å²) in [6, 6.07) is 10.2. The van der Waals surface area contributed by atoms with E-state index >= 15 is 0 Å². The van der Waals surface area contributed by atoms with E-state index in [2.05, 4.69) is 4.98 Å². The molecule has 136 valence electrons. The Hall–Kier alpha value is -2.55. The molecule has 4 rings (SSSR count). The average Bonchev–Trinajstić information content (AvgIpc) is 3.11. The molecule has 1 atom stereocenters. The maximum absolute atomic E-state index is 13.6. The molecule has 0 radical (unpaired) electrons. The summed E-state index contributed by atoms with van der Waals surface area (Å²) in [4.78, 5) is 3.96. The first kappa shape index (κ1) is 16.9. The number of alkyl halides is 3. The Morgan fingerprint density at radius 1 is 1.08 bits per heavy atom.